The number of alkyl carbamates (subject to hydrolysis) is 2. The molecule has 0 bridgehead atoms. The zero-order valence-electron chi connectivity index (χ0n) is 32.6. The van der Waals surface area contributed by atoms with Crippen LogP contribution < -0.4 is 15.4 Å². The van der Waals surface area contributed by atoms with Gasteiger partial charge in [-0.15, -0.1) is 0 Å². The van der Waals surface area contributed by atoms with E-state index in [1.54, 1.807) is 53.8 Å². The smallest absolute Gasteiger partial charge is 0.407 e. The molecule has 59 heavy (non-hydrogen) atoms. The third kappa shape index (κ3) is 7.29. The molecule has 0 aliphatic carbocycles. The maximum atomic E-state index is 16.5. The summed E-state index contributed by atoms with van der Waals surface area (Å²) in [4.78, 5) is 67.9. The Kier molecular flexibility index (Phi) is 10.2. The van der Waals surface area contributed by atoms with Crippen molar-refractivity contribution in [2.75, 3.05) is 33.9 Å². The van der Waals surface area contributed by atoms with E-state index in [-0.39, 0.29) is 31.0 Å². The van der Waals surface area contributed by atoms with Crippen molar-refractivity contribution in [3.8, 4) is 39.5 Å². The molecule has 3 atom stereocenters. The minimum absolute atomic E-state index is 0.0230. The minimum atomic E-state index is -3.18. The Bertz CT molecular complexity index is 2460. The molecular weight excluding hydrogens is 775 g/mol. The molecule has 19 heteroatoms. The Hall–Kier alpha value is -6.53. The predicted octanol–water partition coefficient (Wildman–Crippen LogP) is 5.89. The first-order chi connectivity index (χ1) is 28.3. The summed E-state index contributed by atoms with van der Waals surface area (Å²) in [5, 5.41) is 5.25. The zero-order valence-corrected chi connectivity index (χ0v) is 32.6. The number of benzene rings is 2. The maximum absolute atomic E-state index is 16.5. The third-order valence-electron chi connectivity index (χ3n) is 11.1. The fourth-order valence-electron chi connectivity index (χ4n) is 8.17. The van der Waals surface area contributed by atoms with E-state index < -0.39 is 60.8 Å². The van der Waals surface area contributed by atoms with Crippen molar-refractivity contribution in [3.63, 3.8) is 0 Å². The predicted molar refractivity (Wildman–Crippen MR) is 205 cm³/mol. The number of fused-ring (bicyclic) bond motifs is 5. The van der Waals surface area contributed by atoms with Gasteiger partial charge in [0.05, 0.1) is 67.8 Å². The molecule has 310 valence electrons. The highest BCUT2D eigenvalue weighted by Crippen LogP contribution is 2.45. The molecule has 3 aliphatic heterocycles. The van der Waals surface area contributed by atoms with Crippen molar-refractivity contribution in [2.45, 2.75) is 63.9 Å². The topological polar surface area (TPSA) is 189 Å². The molecule has 3 aliphatic rings. The van der Waals surface area contributed by atoms with E-state index in [2.05, 4.69) is 40.0 Å². The second kappa shape index (κ2) is 15.3. The van der Waals surface area contributed by atoms with Gasteiger partial charge in [-0.25, -0.2) is 32.7 Å². The van der Waals surface area contributed by atoms with Crippen LogP contribution in [-0.2, 0) is 25.8 Å². The normalized spacial score (nSPS) is 18.6. The number of methoxy groups -OCH3 is 2. The number of rotatable bonds is 9. The number of hydrogen-bond donors (Lipinski definition) is 4. The SMILES string of the molecule is COC(=O)NCC(=O)N1CCCC1c1ncc(-c2ccc3c(c2)c(F)c2n3COc3cc(-c4cnc(C5CC(F)(F)CN5C(=O)C(NC(=O)OC)C(C)C)[nH]4)ccc3-2)[nH]1. The fraction of sp³-hybridized carbons (Fsp3) is 0.400. The van der Waals surface area contributed by atoms with Gasteiger partial charge in [0.1, 0.15) is 30.0 Å². The van der Waals surface area contributed by atoms with Crippen LogP contribution in [0.2, 0.25) is 0 Å². The number of carbonyl (C=O) groups excluding carboxylic acids is 4. The first kappa shape index (κ1) is 39.3. The standard InChI is InChI=1S/C40H42F3N9O7/c1-20(2)33(49-39(56)58-4)37(54)51-18-40(42,43)14-29(51)36-45-16-26(48-36)22-7-9-23-30(13-22)59-19-52-27-10-8-21(12-24(27)32(41)34(23)52)25-15-44-35(47-25)28-6-5-11-50(28)31(53)17-46-38(55)57-3/h7-10,12-13,15-16,20,28-29,33H,5-6,11,14,17-19H2,1-4H3,(H,44,47)(H,45,48)(H,46,55)(H,49,56). The van der Waals surface area contributed by atoms with Gasteiger partial charge in [-0.1, -0.05) is 26.0 Å². The summed E-state index contributed by atoms with van der Waals surface area (Å²) in [5.74, 6) is -3.83. The second-order valence-corrected chi connectivity index (χ2v) is 15.2. The highest BCUT2D eigenvalue weighted by molar-refractivity contribution is 5.93. The van der Waals surface area contributed by atoms with E-state index in [9.17, 15) is 28.0 Å². The number of hydrogen-bond acceptors (Lipinski definition) is 9. The van der Waals surface area contributed by atoms with Gasteiger partial charge >= 0.3 is 12.2 Å². The average Bonchev–Trinajstić information content (AvgIpc) is 4.08. The number of alkyl halides is 2. The number of carbonyl (C=O) groups is 4. The quantitative estimate of drug-likeness (QED) is 0.141. The molecule has 3 aromatic heterocycles. The van der Waals surface area contributed by atoms with Gasteiger partial charge in [-0.2, -0.15) is 0 Å². The lowest BCUT2D eigenvalue weighted by molar-refractivity contribution is -0.136. The number of nitrogens with one attached hydrogen (secondary N) is 4. The first-order valence-electron chi connectivity index (χ1n) is 19.1. The van der Waals surface area contributed by atoms with Crippen molar-refractivity contribution in [1.29, 1.82) is 0 Å². The maximum Gasteiger partial charge on any atom is 0.407 e. The van der Waals surface area contributed by atoms with Crippen LogP contribution >= 0.6 is 0 Å². The Labute approximate surface area is 335 Å². The summed E-state index contributed by atoms with van der Waals surface area (Å²) < 4.78 is 63.3. The van der Waals surface area contributed by atoms with E-state index in [1.807, 2.05) is 12.1 Å². The summed E-state index contributed by atoms with van der Waals surface area (Å²) in [5.41, 5.74) is 3.87. The van der Waals surface area contributed by atoms with Crippen LogP contribution in [0, 0.1) is 11.7 Å². The molecule has 5 aromatic rings. The molecule has 3 unspecified atom stereocenters. The van der Waals surface area contributed by atoms with Gasteiger partial charge in [0.15, 0.2) is 12.5 Å². The second-order valence-electron chi connectivity index (χ2n) is 15.2. The van der Waals surface area contributed by atoms with Gasteiger partial charge in [0.25, 0.3) is 5.92 Å². The molecule has 0 radical (unpaired) electrons. The number of H-pyrrole nitrogens is 2. The Morgan fingerprint density at radius 3 is 2.32 bits per heavy atom. The van der Waals surface area contributed by atoms with E-state index in [0.717, 1.165) is 18.4 Å². The van der Waals surface area contributed by atoms with Crippen molar-refractivity contribution in [3.05, 3.63) is 66.3 Å². The van der Waals surface area contributed by atoms with Gasteiger partial charge in [-0.3, -0.25) is 9.59 Å². The van der Waals surface area contributed by atoms with Crippen molar-refractivity contribution in [1.82, 2.24) is 44.9 Å². The molecule has 0 spiro atoms. The number of imidazole rings is 2. The van der Waals surface area contributed by atoms with E-state index in [1.165, 1.54) is 13.3 Å². The van der Waals surface area contributed by atoms with Gasteiger partial charge in [-0.05, 0) is 43.0 Å². The van der Waals surface area contributed by atoms with Gasteiger partial charge in [0.2, 0.25) is 11.8 Å². The lowest BCUT2D eigenvalue weighted by Crippen LogP contribution is -2.51. The van der Waals surface area contributed by atoms with Crippen LogP contribution in [0.1, 0.15) is 56.8 Å². The molecule has 2 fully saturated rings. The molecule has 4 N–H and O–H groups in total. The number of aromatic nitrogens is 5. The number of likely N-dealkylation sites (tertiary alicyclic amines) is 2. The molecular formula is C40H42F3N9O7. The van der Waals surface area contributed by atoms with E-state index >= 15 is 4.39 Å². The molecule has 2 saturated heterocycles. The molecule has 0 saturated carbocycles. The lowest BCUT2D eigenvalue weighted by atomic mass is 10.0. The number of aromatic amines is 2. The summed E-state index contributed by atoms with van der Waals surface area (Å²) in [7, 11) is 2.38. The molecule has 16 nitrogen and oxygen atoms in total. The summed E-state index contributed by atoms with van der Waals surface area (Å²) >= 11 is 0. The van der Waals surface area contributed by atoms with E-state index in [4.69, 9.17) is 4.74 Å². The minimum Gasteiger partial charge on any atom is -0.472 e. The summed E-state index contributed by atoms with van der Waals surface area (Å²) in [6.45, 7) is 2.89. The third-order valence-corrected chi connectivity index (χ3v) is 11.1. The highest BCUT2D eigenvalue weighted by Gasteiger charge is 2.50. The molecule has 6 heterocycles. The summed E-state index contributed by atoms with van der Waals surface area (Å²) in [6, 6.07) is 8.09. The van der Waals surface area contributed by atoms with Crippen LogP contribution in [0.25, 0.3) is 44.7 Å². The zero-order chi connectivity index (χ0) is 41.7. The Morgan fingerprint density at radius 2 is 1.63 bits per heavy atom. The number of ether oxygens (including phenoxy) is 3. The number of halogens is 3. The fourth-order valence-corrected chi connectivity index (χ4v) is 8.17. The average molecular weight is 818 g/mol. The van der Waals surface area contributed by atoms with Crippen LogP contribution in [0.4, 0.5) is 22.8 Å². The summed E-state index contributed by atoms with van der Waals surface area (Å²) in [6.07, 6.45) is 2.39. The Balaban J connectivity index is 1.02. The molecule has 8 rings (SSSR count). The highest BCUT2D eigenvalue weighted by atomic mass is 19.3. The molecule has 4 amide bonds. The van der Waals surface area contributed by atoms with Crippen molar-refractivity contribution >= 4 is 34.9 Å². The van der Waals surface area contributed by atoms with Gasteiger partial charge < -0.3 is 49.2 Å². The number of amides is 4. The van der Waals surface area contributed by atoms with E-state index in [0.29, 0.717) is 69.2 Å². The van der Waals surface area contributed by atoms with Crippen LogP contribution in [0.3, 0.4) is 0 Å². The van der Waals surface area contributed by atoms with Crippen molar-refractivity contribution < 1.29 is 46.6 Å². The van der Waals surface area contributed by atoms with Crippen molar-refractivity contribution in [2.24, 2.45) is 5.92 Å². The largest absolute Gasteiger partial charge is 0.472 e. The monoisotopic (exact) mass is 817 g/mol. The molecule has 2 aromatic carbocycles. The lowest BCUT2D eigenvalue weighted by Gasteiger charge is -2.29. The number of nitrogens with zero attached hydrogens (tertiary/aromatic N) is 5. The Morgan fingerprint density at radius 1 is 0.949 bits per heavy atom. The first-order valence-corrected chi connectivity index (χ1v) is 19.1. The van der Waals surface area contributed by atoms with Crippen LogP contribution in [0.5, 0.6) is 5.75 Å². The van der Waals surface area contributed by atoms with Gasteiger partial charge in [0, 0.05) is 35.0 Å². The van der Waals surface area contributed by atoms with Crippen LogP contribution in [0.15, 0.2) is 48.8 Å². The van der Waals surface area contributed by atoms with Crippen LogP contribution in [-0.4, -0.2) is 104 Å².